The lowest BCUT2D eigenvalue weighted by Gasteiger charge is -2.19. The van der Waals surface area contributed by atoms with Crippen molar-refractivity contribution in [3.8, 4) is 5.75 Å². The molecule has 1 N–H and O–H groups in total. The quantitative estimate of drug-likeness (QED) is 0.677. The summed E-state index contributed by atoms with van der Waals surface area (Å²) < 4.78 is 4.83. The van der Waals surface area contributed by atoms with Crippen molar-refractivity contribution in [2.45, 2.75) is 19.9 Å². The van der Waals surface area contributed by atoms with Gasteiger partial charge in [0.2, 0.25) is 0 Å². The fraction of sp³-hybridized carbons (Fsp3) is 0.267. The number of carbonyl (C=O) groups is 3. The Morgan fingerprint density at radius 2 is 2.09 bits per heavy atom. The number of ether oxygens (including phenoxy) is 1. The molecule has 0 aliphatic carbocycles. The molecule has 1 unspecified atom stereocenters. The number of esters is 1. The number of carbonyl (C=O) groups excluding carboxylic acids is 3. The average Bonchev–Trinajstić information content (AvgIpc) is 2.75. The van der Waals surface area contributed by atoms with Crippen LogP contribution in [0.15, 0.2) is 29.2 Å². The van der Waals surface area contributed by atoms with Crippen LogP contribution in [0.1, 0.15) is 19.4 Å². The zero-order valence-corrected chi connectivity index (χ0v) is 12.9. The van der Waals surface area contributed by atoms with E-state index in [4.69, 9.17) is 4.74 Å². The summed E-state index contributed by atoms with van der Waals surface area (Å²) in [5, 5.41) is 9.18. The maximum absolute atomic E-state index is 12.3. The van der Waals surface area contributed by atoms with Crippen LogP contribution in [0.4, 0.5) is 4.79 Å². The van der Waals surface area contributed by atoms with Crippen LogP contribution in [-0.2, 0) is 14.3 Å². The number of rotatable bonds is 4. The van der Waals surface area contributed by atoms with Gasteiger partial charge in [0.25, 0.3) is 11.1 Å². The third-order valence-electron chi connectivity index (χ3n) is 3.06. The van der Waals surface area contributed by atoms with Gasteiger partial charge in [0.05, 0.1) is 11.5 Å². The first-order chi connectivity index (χ1) is 10.5. The van der Waals surface area contributed by atoms with Crippen LogP contribution in [-0.4, -0.2) is 39.8 Å². The van der Waals surface area contributed by atoms with Gasteiger partial charge < -0.3 is 9.84 Å². The topological polar surface area (TPSA) is 83.9 Å². The van der Waals surface area contributed by atoms with Crippen LogP contribution in [0.2, 0.25) is 0 Å². The summed E-state index contributed by atoms with van der Waals surface area (Å²) in [5.41, 5.74) is 0.428. The highest BCUT2D eigenvalue weighted by atomic mass is 32.2. The van der Waals surface area contributed by atoms with Gasteiger partial charge >= 0.3 is 5.97 Å². The van der Waals surface area contributed by atoms with Gasteiger partial charge in [-0.3, -0.25) is 14.5 Å². The predicted molar refractivity (Wildman–Crippen MR) is 82.0 cm³/mol. The van der Waals surface area contributed by atoms with Crippen LogP contribution in [0.5, 0.6) is 5.75 Å². The summed E-state index contributed by atoms with van der Waals surface area (Å²) in [5.74, 6) is -1.19. The van der Waals surface area contributed by atoms with E-state index >= 15 is 0 Å². The lowest BCUT2D eigenvalue weighted by molar-refractivity contribution is -0.150. The zero-order valence-electron chi connectivity index (χ0n) is 12.1. The van der Waals surface area contributed by atoms with E-state index in [0.29, 0.717) is 5.56 Å². The molecule has 1 aromatic carbocycles. The SMILES string of the molecule is CCOC(=O)C(C)N1C(=O)S/C(=C/c2ccccc2O)C1=O. The second-order valence-corrected chi connectivity index (χ2v) is 5.53. The molecule has 1 aliphatic rings. The van der Waals surface area contributed by atoms with Crippen LogP contribution in [0.25, 0.3) is 6.08 Å². The molecule has 0 saturated carbocycles. The molecule has 1 saturated heterocycles. The van der Waals surface area contributed by atoms with Crippen molar-refractivity contribution in [3.63, 3.8) is 0 Å². The highest BCUT2D eigenvalue weighted by Gasteiger charge is 2.41. The minimum atomic E-state index is -0.984. The van der Waals surface area contributed by atoms with E-state index in [1.807, 2.05) is 0 Å². The van der Waals surface area contributed by atoms with Crippen molar-refractivity contribution < 1.29 is 24.2 Å². The highest BCUT2D eigenvalue weighted by molar-refractivity contribution is 8.18. The molecule has 2 rings (SSSR count). The Labute approximate surface area is 131 Å². The molecule has 7 heteroatoms. The average molecular weight is 321 g/mol. The number of para-hydroxylation sites is 1. The molecule has 0 radical (unpaired) electrons. The molecule has 0 aromatic heterocycles. The van der Waals surface area contributed by atoms with Gasteiger partial charge in [-0.1, -0.05) is 18.2 Å². The number of aromatic hydroxyl groups is 1. The summed E-state index contributed by atoms with van der Waals surface area (Å²) in [6.07, 6.45) is 1.43. The van der Waals surface area contributed by atoms with Gasteiger partial charge in [0.15, 0.2) is 0 Å². The number of phenolic OH excluding ortho intramolecular Hbond substituents is 1. The Hall–Kier alpha value is -2.28. The van der Waals surface area contributed by atoms with E-state index < -0.39 is 23.2 Å². The maximum atomic E-state index is 12.3. The van der Waals surface area contributed by atoms with Gasteiger partial charge in [-0.05, 0) is 37.8 Å². The Balaban J connectivity index is 2.26. The van der Waals surface area contributed by atoms with Crippen LogP contribution in [0, 0.1) is 0 Å². The first-order valence-corrected chi connectivity index (χ1v) is 7.49. The van der Waals surface area contributed by atoms with E-state index in [1.165, 1.54) is 19.1 Å². The Bertz CT molecular complexity index is 655. The fourth-order valence-corrected chi connectivity index (χ4v) is 2.83. The molecule has 1 aliphatic heterocycles. The van der Waals surface area contributed by atoms with Crippen LogP contribution < -0.4 is 0 Å². The highest BCUT2D eigenvalue weighted by Crippen LogP contribution is 2.35. The summed E-state index contributed by atoms with van der Waals surface area (Å²) in [6.45, 7) is 3.26. The maximum Gasteiger partial charge on any atom is 0.329 e. The predicted octanol–water partition coefficient (Wildman–Crippen LogP) is 2.38. The molecular weight excluding hydrogens is 306 g/mol. The fourth-order valence-electron chi connectivity index (χ4n) is 1.93. The number of nitrogens with zero attached hydrogens (tertiary/aromatic N) is 1. The molecule has 1 heterocycles. The Morgan fingerprint density at radius 1 is 1.41 bits per heavy atom. The largest absolute Gasteiger partial charge is 0.507 e. The van der Waals surface area contributed by atoms with E-state index in [9.17, 15) is 19.5 Å². The molecule has 6 nitrogen and oxygen atoms in total. The third-order valence-corrected chi connectivity index (χ3v) is 3.95. The number of benzene rings is 1. The molecule has 116 valence electrons. The summed E-state index contributed by atoms with van der Waals surface area (Å²) in [6, 6.07) is 5.48. The second kappa shape index (κ2) is 6.65. The van der Waals surface area contributed by atoms with E-state index in [2.05, 4.69) is 0 Å². The van der Waals surface area contributed by atoms with Gasteiger partial charge in [-0.2, -0.15) is 0 Å². The van der Waals surface area contributed by atoms with E-state index in [0.717, 1.165) is 16.7 Å². The van der Waals surface area contributed by atoms with Crippen molar-refractivity contribution in [2.24, 2.45) is 0 Å². The first kappa shape index (κ1) is 16.1. The molecule has 0 spiro atoms. The minimum Gasteiger partial charge on any atom is -0.507 e. The standard InChI is InChI=1S/C15H15NO5S/c1-3-21-14(19)9(2)16-13(18)12(22-15(16)20)8-10-6-4-5-7-11(10)17/h4-9,17H,3H2,1-2H3/b12-8+. The number of phenols is 1. The monoisotopic (exact) mass is 321 g/mol. The third kappa shape index (κ3) is 3.14. The van der Waals surface area contributed by atoms with Gasteiger partial charge in [-0.15, -0.1) is 0 Å². The Morgan fingerprint density at radius 3 is 2.73 bits per heavy atom. The van der Waals surface area contributed by atoms with Crippen molar-refractivity contribution in [1.29, 1.82) is 0 Å². The minimum absolute atomic E-state index is 0.00717. The lowest BCUT2D eigenvalue weighted by atomic mass is 10.2. The van der Waals surface area contributed by atoms with Crippen molar-refractivity contribution in [3.05, 3.63) is 34.7 Å². The molecule has 22 heavy (non-hydrogen) atoms. The zero-order chi connectivity index (χ0) is 16.3. The van der Waals surface area contributed by atoms with Crippen LogP contribution in [0.3, 0.4) is 0 Å². The van der Waals surface area contributed by atoms with E-state index in [-0.39, 0.29) is 17.3 Å². The first-order valence-electron chi connectivity index (χ1n) is 6.67. The van der Waals surface area contributed by atoms with Crippen LogP contribution >= 0.6 is 11.8 Å². The number of hydrogen-bond acceptors (Lipinski definition) is 6. The summed E-state index contributed by atoms with van der Waals surface area (Å²) in [7, 11) is 0. The van der Waals surface area contributed by atoms with Crippen molar-refractivity contribution in [1.82, 2.24) is 4.90 Å². The van der Waals surface area contributed by atoms with Gasteiger partial charge in [-0.25, -0.2) is 4.79 Å². The molecular formula is C15H15NO5S. The lowest BCUT2D eigenvalue weighted by Crippen LogP contribution is -2.42. The molecule has 0 bridgehead atoms. The molecule has 1 fully saturated rings. The van der Waals surface area contributed by atoms with Crippen molar-refractivity contribution in [2.75, 3.05) is 6.61 Å². The smallest absolute Gasteiger partial charge is 0.329 e. The molecule has 1 atom stereocenters. The molecule has 1 aromatic rings. The van der Waals surface area contributed by atoms with Gasteiger partial charge in [0, 0.05) is 5.56 Å². The molecule has 2 amide bonds. The number of amides is 2. The van der Waals surface area contributed by atoms with E-state index in [1.54, 1.807) is 25.1 Å². The van der Waals surface area contributed by atoms with Gasteiger partial charge in [0.1, 0.15) is 11.8 Å². The second-order valence-electron chi connectivity index (χ2n) is 4.54. The number of thioether (sulfide) groups is 1. The summed E-state index contributed by atoms with van der Waals surface area (Å²) >= 11 is 0.729. The van der Waals surface area contributed by atoms with Crippen molar-refractivity contribution >= 4 is 35.0 Å². The number of imide groups is 1. The summed E-state index contributed by atoms with van der Waals surface area (Å²) in [4.78, 5) is 37.0. The Kier molecular flexibility index (Phi) is 4.87. The number of hydrogen-bond donors (Lipinski definition) is 1. The normalized spacial score (nSPS) is 17.9.